The molecule has 0 heterocycles. The Balaban J connectivity index is 3.11. The number of thiocarbonyl (C=S) groups is 1. The number of benzene rings is 1. The molecule has 0 saturated heterocycles. The molecule has 82 valence electrons. The van der Waals surface area contributed by atoms with Gasteiger partial charge in [0.25, 0.3) is 0 Å². The van der Waals surface area contributed by atoms with E-state index in [1.165, 1.54) is 0 Å². The van der Waals surface area contributed by atoms with Gasteiger partial charge in [-0.2, -0.15) is 0 Å². The molecule has 2 nitrogen and oxygen atoms in total. The molecule has 0 aliphatic heterocycles. The number of aryl methyl sites for hydroxylation is 1. The van der Waals surface area contributed by atoms with E-state index < -0.39 is 6.10 Å². The van der Waals surface area contributed by atoms with Crippen LogP contribution in [0.4, 0.5) is 0 Å². The highest BCUT2D eigenvalue weighted by Gasteiger charge is 2.11. The maximum absolute atomic E-state index is 9.66. The van der Waals surface area contributed by atoms with Crippen molar-refractivity contribution in [2.24, 2.45) is 0 Å². The average molecular weight is 223 g/mol. The van der Waals surface area contributed by atoms with Crippen LogP contribution in [-0.4, -0.2) is 16.6 Å². The fourth-order valence-corrected chi connectivity index (χ4v) is 1.82. The highest BCUT2D eigenvalue weighted by molar-refractivity contribution is 7.80. The van der Waals surface area contributed by atoms with Crippen molar-refractivity contribution in [2.75, 3.05) is 6.54 Å². The molecule has 1 atom stereocenters. The van der Waals surface area contributed by atoms with Crippen molar-refractivity contribution in [2.45, 2.75) is 26.9 Å². The van der Waals surface area contributed by atoms with Crippen LogP contribution in [0, 0.1) is 6.92 Å². The largest absolute Gasteiger partial charge is 0.389 e. The fourth-order valence-electron chi connectivity index (χ4n) is 1.49. The van der Waals surface area contributed by atoms with E-state index in [9.17, 15) is 5.11 Å². The van der Waals surface area contributed by atoms with Gasteiger partial charge in [-0.15, -0.1) is 0 Å². The zero-order valence-corrected chi connectivity index (χ0v) is 10.2. The van der Waals surface area contributed by atoms with E-state index in [2.05, 4.69) is 5.32 Å². The summed E-state index contributed by atoms with van der Waals surface area (Å²) in [5.41, 5.74) is 2.95. The Morgan fingerprint density at radius 1 is 1.53 bits per heavy atom. The van der Waals surface area contributed by atoms with Gasteiger partial charge in [-0.05, 0) is 26.3 Å². The van der Waals surface area contributed by atoms with Crippen molar-refractivity contribution in [3.05, 3.63) is 34.9 Å². The Bertz CT molecular complexity index is 361. The summed E-state index contributed by atoms with van der Waals surface area (Å²) < 4.78 is 0. The molecule has 3 heteroatoms. The van der Waals surface area contributed by atoms with Crippen molar-refractivity contribution in [3.63, 3.8) is 0 Å². The molecule has 0 bridgehead atoms. The van der Waals surface area contributed by atoms with Gasteiger partial charge in [-0.1, -0.05) is 36.0 Å². The highest BCUT2D eigenvalue weighted by atomic mass is 32.1. The monoisotopic (exact) mass is 223 g/mol. The van der Waals surface area contributed by atoms with E-state index in [4.69, 9.17) is 12.2 Å². The second-order valence-electron chi connectivity index (χ2n) is 3.63. The van der Waals surface area contributed by atoms with Crippen molar-refractivity contribution >= 4 is 17.2 Å². The third-order valence-corrected chi connectivity index (χ3v) is 2.60. The van der Waals surface area contributed by atoms with Gasteiger partial charge >= 0.3 is 0 Å². The molecule has 0 amide bonds. The first-order valence-electron chi connectivity index (χ1n) is 5.13. The molecule has 0 fully saturated rings. The third kappa shape index (κ3) is 3.01. The molecule has 2 N–H and O–H groups in total. The summed E-state index contributed by atoms with van der Waals surface area (Å²) in [5.74, 6) is 0. The summed E-state index contributed by atoms with van der Waals surface area (Å²) in [6, 6.07) is 5.94. The van der Waals surface area contributed by atoms with E-state index >= 15 is 0 Å². The van der Waals surface area contributed by atoms with Gasteiger partial charge in [-0.25, -0.2) is 0 Å². The third-order valence-electron chi connectivity index (χ3n) is 2.24. The Morgan fingerprint density at radius 3 is 2.73 bits per heavy atom. The maximum Gasteiger partial charge on any atom is 0.106 e. The molecule has 0 saturated carbocycles. The fraction of sp³-hybridized carbons (Fsp3) is 0.417. The van der Waals surface area contributed by atoms with Gasteiger partial charge in [0.15, 0.2) is 0 Å². The van der Waals surface area contributed by atoms with Crippen molar-refractivity contribution in [1.82, 2.24) is 5.32 Å². The molecule has 1 aromatic rings. The Hall–Kier alpha value is -0.930. The number of rotatable bonds is 3. The Morgan fingerprint density at radius 2 is 2.20 bits per heavy atom. The number of hydrogen-bond acceptors (Lipinski definition) is 2. The average Bonchev–Trinajstić information content (AvgIpc) is 2.17. The Kier molecular flexibility index (Phi) is 4.24. The molecule has 1 aromatic carbocycles. The zero-order chi connectivity index (χ0) is 11.4. The van der Waals surface area contributed by atoms with Gasteiger partial charge in [0.2, 0.25) is 0 Å². The van der Waals surface area contributed by atoms with E-state index in [-0.39, 0.29) is 0 Å². The molecule has 1 unspecified atom stereocenters. The topological polar surface area (TPSA) is 32.3 Å². The highest BCUT2D eigenvalue weighted by Crippen LogP contribution is 2.19. The van der Waals surface area contributed by atoms with Gasteiger partial charge in [0.05, 0.1) is 6.10 Å². The first-order valence-corrected chi connectivity index (χ1v) is 5.54. The van der Waals surface area contributed by atoms with E-state index in [0.29, 0.717) is 4.99 Å². The quantitative estimate of drug-likeness (QED) is 0.771. The molecule has 15 heavy (non-hydrogen) atoms. The van der Waals surface area contributed by atoms with Crippen LogP contribution >= 0.6 is 12.2 Å². The lowest BCUT2D eigenvalue weighted by Gasteiger charge is -2.14. The molecule has 1 rings (SSSR count). The second-order valence-corrected chi connectivity index (χ2v) is 4.03. The molecule has 0 aliphatic carbocycles. The predicted molar refractivity (Wildman–Crippen MR) is 67.2 cm³/mol. The van der Waals surface area contributed by atoms with Crippen LogP contribution in [0.5, 0.6) is 0 Å². The minimum atomic E-state index is -0.489. The summed E-state index contributed by atoms with van der Waals surface area (Å²) >= 11 is 5.25. The van der Waals surface area contributed by atoms with E-state index in [1.54, 1.807) is 6.92 Å². The first kappa shape index (κ1) is 12.1. The summed E-state index contributed by atoms with van der Waals surface area (Å²) in [6.45, 7) is 6.56. The summed E-state index contributed by atoms with van der Waals surface area (Å²) in [6.07, 6.45) is -0.489. The van der Waals surface area contributed by atoms with Crippen LogP contribution in [0.15, 0.2) is 18.2 Å². The number of aliphatic hydroxyl groups excluding tert-OH is 1. The molecular weight excluding hydrogens is 206 g/mol. The molecular formula is C12H17NOS. The van der Waals surface area contributed by atoms with E-state index in [0.717, 1.165) is 23.2 Å². The van der Waals surface area contributed by atoms with Gasteiger partial charge < -0.3 is 10.4 Å². The van der Waals surface area contributed by atoms with Gasteiger partial charge in [0.1, 0.15) is 4.99 Å². The lowest BCUT2D eigenvalue weighted by atomic mass is 10.0. The van der Waals surface area contributed by atoms with Gasteiger partial charge in [-0.3, -0.25) is 0 Å². The first-order chi connectivity index (χ1) is 7.06. The van der Waals surface area contributed by atoms with E-state index in [1.807, 2.05) is 32.0 Å². The van der Waals surface area contributed by atoms with Crippen LogP contribution in [0.3, 0.4) is 0 Å². The van der Waals surface area contributed by atoms with Crippen LogP contribution in [0.25, 0.3) is 0 Å². The summed E-state index contributed by atoms with van der Waals surface area (Å²) in [7, 11) is 0. The van der Waals surface area contributed by atoms with Gasteiger partial charge in [0, 0.05) is 12.1 Å². The number of aliphatic hydroxyl groups is 1. The molecule has 0 radical (unpaired) electrons. The van der Waals surface area contributed by atoms with Crippen LogP contribution in [-0.2, 0) is 0 Å². The zero-order valence-electron chi connectivity index (χ0n) is 9.37. The SMILES string of the molecule is CCNC(=S)c1ccc(C)cc1C(C)O. The normalized spacial score (nSPS) is 12.3. The van der Waals surface area contributed by atoms with Crippen LogP contribution < -0.4 is 5.32 Å². The Labute approximate surface area is 96.3 Å². The van der Waals surface area contributed by atoms with Crippen LogP contribution in [0.2, 0.25) is 0 Å². The summed E-state index contributed by atoms with van der Waals surface area (Å²) in [5, 5.41) is 12.8. The summed E-state index contributed by atoms with van der Waals surface area (Å²) in [4.78, 5) is 0.702. The molecule has 0 spiro atoms. The predicted octanol–water partition coefficient (Wildman–Crippen LogP) is 2.33. The second kappa shape index (κ2) is 5.24. The lowest BCUT2D eigenvalue weighted by Crippen LogP contribution is -2.23. The number of hydrogen-bond donors (Lipinski definition) is 2. The maximum atomic E-state index is 9.66. The van der Waals surface area contributed by atoms with Crippen molar-refractivity contribution in [1.29, 1.82) is 0 Å². The molecule has 0 aromatic heterocycles. The van der Waals surface area contributed by atoms with Crippen molar-refractivity contribution in [3.8, 4) is 0 Å². The number of nitrogens with one attached hydrogen (secondary N) is 1. The smallest absolute Gasteiger partial charge is 0.106 e. The lowest BCUT2D eigenvalue weighted by molar-refractivity contribution is 0.199. The molecule has 0 aliphatic rings. The minimum Gasteiger partial charge on any atom is -0.389 e. The standard InChI is InChI=1S/C12H17NOS/c1-4-13-12(15)10-6-5-8(2)7-11(10)9(3)14/h5-7,9,14H,4H2,1-3H3,(H,13,15). The van der Waals surface area contributed by atoms with Crippen LogP contribution in [0.1, 0.15) is 36.6 Å². The van der Waals surface area contributed by atoms with Crippen molar-refractivity contribution < 1.29 is 5.11 Å². The minimum absolute atomic E-state index is 0.489.